The maximum absolute atomic E-state index is 13.4. The highest BCUT2D eigenvalue weighted by molar-refractivity contribution is 7.85. The smallest absolute Gasteiger partial charge is 0.407 e. The zero-order chi connectivity index (χ0) is 50.6. The second-order valence-corrected chi connectivity index (χ2v) is 19.1. The fraction of sp³-hybridized carbons (Fsp3) is 0.306. The lowest BCUT2D eigenvalue weighted by Gasteiger charge is -2.23. The number of nitro groups is 1. The van der Waals surface area contributed by atoms with Gasteiger partial charge in [-0.2, -0.15) is 8.42 Å². The largest absolute Gasteiger partial charge is 0.453 e. The molecule has 0 bridgehead atoms. The van der Waals surface area contributed by atoms with Crippen molar-refractivity contribution < 1.29 is 46.5 Å². The van der Waals surface area contributed by atoms with Crippen molar-refractivity contribution in [1.82, 2.24) is 31.2 Å². The molecule has 70 heavy (non-hydrogen) atoms. The number of nitrogens with zero attached hydrogens (tertiary/aromatic N) is 3. The first kappa shape index (κ1) is 53.9. The van der Waals surface area contributed by atoms with Gasteiger partial charge in [-0.25, -0.2) is 19.6 Å². The molecule has 0 aliphatic heterocycles. The SMILES string of the molecule is CCc1nc([C@H](Cc2ccc(CS(=O)(=O)O)cc2)NC(=O)[C@H](Cc2ccccc2)NC(=O)OC)cs1.CCc1nc([C@H](Cc2ccc([N+](=O)[O-])cc2)NC(=O)[C@H](Cc2ccccc2)NC(=O)OC)cs1. The fourth-order valence-corrected chi connectivity index (χ4v) is 9.24. The van der Waals surface area contributed by atoms with Crippen LogP contribution in [0.3, 0.4) is 0 Å². The number of carbonyl (C=O) groups is 4. The van der Waals surface area contributed by atoms with E-state index in [0.717, 1.165) is 45.1 Å². The number of rotatable bonds is 21. The molecule has 0 fully saturated rings. The first-order chi connectivity index (χ1) is 33.6. The van der Waals surface area contributed by atoms with Gasteiger partial charge in [0.2, 0.25) is 11.8 Å². The van der Waals surface area contributed by atoms with Crippen LogP contribution in [0.2, 0.25) is 0 Å². The zero-order valence-electron chi connectivity index (χ0n) is 38.9. The number of hydrogen-bond donors (Lipinski definition) is 5. The van der Waals surface area contributed by atoms with E-state index in [0.29, 0.717) is 29.8 Å². The summed E-state index contributed by atoms with van der Waals surface area (Å²) in [6, 6.07) is 28.9. The van der Waals surface area contributed by atoms with E-state index in [2.05, 4.69) is 31.2 Å². The first-order valence-electron chi connectivity index (χ1n) is 22.1. The number of aromatic nitrogens is 2. The average Bonchev–Trinajstić information content (AvgIpc) is 4.05. The Hall–Kier alpha value is -7.07. The Kier molecular flexibility index (Phi) is 20.5. The van der Waals surface area contributed by atoms with Gasteiger partial charge >= 0.3 is 12.2 Å². The molecule has 0 unspecified atom stereocenters. The summed E-state index contributed by atoms with van der Waals surface area (Å²) < 4.78 is 40.8. The number of ether oxygens (including phenoxy) is 2. The summed E-state index contributed by atoms with van der Waals surface area (Å²) >= 11 is 3.01. The lowest BCUT2D eigenvalue weighted by Crippen LogP contribution is -2.49. The highest BCUT2D eigenvalue weighted by Crippen LogP contribution is 2.25. The molecule has 2 aromatic heterocycles. The van der Waals surface area contributed by atoms with Gasteiger partial charge in [-0.05, 0) is 53.5 Å². The Bertz CT molecular complexity index is 2760. The van der Waals surface area contributed by atoms with Crippen LogP contribution in [0.1, 0.15) is 75.2 Å². The molecular formula is C49H55N7O11S3. The van der Waals surface area contributed by atoms with Gasteiger partial charge in [0.05, 0.1) is 52.6 Å². The Morgan fingerprint density at radius 2 is 0.971 bits per heavy atom. The third kappa shape index (κ3) is 17.5. The predicted molar refractivity (Wildman–Crippen MR) is 266 cm³/mol. The van der Waals surface area contributed by atoms with E-state index in [-0.39, 0.29) is 30.3 Å². The van der Waals surface area contributed by atoms with Crippen LogP contribution in [0, 0.1) is 10.1 Å². The lowest BCUT2D eigenvalue weighted by atomic mass is 10.0. The molecule has 5 N–H and O–H groups in total. The van der Waals surface area contributed by atoms with E-state index in [4.69, 9.17) is 14.0 Å². The van der Waals surface area contributed by atoms with E-state index in [9.17, 15) is 37.7 Å². The topological polar surface area (TPSA) is 258 Å². The molecule has 6 rings (SSSR count). The number of methoxy groups -OCH3 is 2. The molecule has 370 valence electrons. The molecule has 0 aliphatic carbocycles. The van der Waals surface area contributed by atoms with Crippen molar-refractivity contribution in [2.75, 3.05) is 14.2 Å². The molecule has 0 saturated carbocycles. The van der Waals surface area contributed by atoms with Crippen LogP contribution in [0.15, 0.2) is 120 Å². The van der Waals surface area contributed by atoms with Crippen LogP contribution in [-0.4, -0.2) is 78.2 Å². The highest BCUT2D eigenvalue weighted by Gasteiger charge is 2.28. The van der Waals surface area contributed by atoms with E-state index in [1.54, 1.807) is 36.4 Å². The number of carbonyl (C=O) groups excluding carboxylic acids is 4. The average molecular weight is 1010 g/mol. The Labute approximate surface area is 414 Å². The number of hydrogen-bond acceptors (Lipinski definition) is 14. The minimum atomic E-state index is -4.13. The van der Waals surface area contributed by atoms with Crippen molar-refractivity contribution in [2.45, 2.75) is 82.3 Å². The number of aryl methyl sites for hydroxylation is 2. The Balaban J connectivity index is 0.000000261. The van der Waals surface area contributed by atoms with Gasteiger partial charge in [-0.15, -0.1) is 22.7 Å². The number of alkyl carbamates (subject to hydrolysis) is 2. The second-order valence-electron chi connectivity index (χ2n) is 15.8. The maximum atomic E-state index is 13.4. The van der Waals surface area contributed by atoms with Crippen molar-refractivity contribution >= 4 is 62.5 Å². The molecule has 4 atom stereocenters. The standard InChI is InChI=1S/C25H29N3O6S2.C24H26N4O5S/c1-3-23-26-22(15-35-23)20(13-18-9-11-19(12-10-18)16-36(31,32)33)27-24(29)21(28-25(30)34-2)14-17-7-5-4-6-8-17;1-3-22-25-21(15-34-22)19(13-17-9-11-18(12-10-17)28(31)32)26-23(29)20(27-24(30)33-2)14-16-7-5-4-6-8-16/h4-12,15,20-21H,3,13-14,16H2,1-2H3,(H,27,29)(H,28,30)(H,31,32,33);4-12,15,19-20H,3,13-14H2,1-2H3,(H,26,29)(H,27,30)/t20-,21-;19-,20-/m00/s1. The van der Waals surface area contributed by atoms with Crippen LogP contribution in [0.25, 0.3) is 0 Å². The van der Waals surface area contributed by atoms with Crippen LogP contribution in [0.4, 0.5) is 15.3 Å². The number of non-ortho nitro benzene ring substituents is 1. The van der Waals surface area contributed by atoms with Crippen molar-refractivity contribution in [2.24, 2.45) is 0 Å². The van der Waals surface area contributed by atoms with E-state index < -0.39 is 57.1 Å². The van der Waals surface area contributed by atoms with Crippen molar-refractivity contribution in [1.29, 1.82) is 0 Å². The van der Waals surface area contributed by atoms with Gasteiger partial charge in [0.25, 0.3) is 15.8 Å². The van der Waals surface area contributed by atoms with Crippen LogP contribution >= 0.6 is 22.7 Å². The third-order valence-corrected chi connectivity index (χ3v) is 13.4. The number of amides is 4. The summed E-state index contributed by atoms with van der Waals surface area (Å²) in [5.74, 6) is -1.24. The predicted octanol–water partition coefficient (Wildman–Crippen LogP) is 7.44. The first-order valence-corrected chi connectivity index (χ1v) is 25.5. The summed E-state index contributed by atoms with van der Waals surface area (Å²) in [7, 11) is -1.65. The Morgan fingerprint density at radius 3 is 1.31 bits per heavy atom. The zero-order valence-corrected chi connectivity index (χ0v) is 41.4. The Morgan fingerprint density at radius 1 is 0.600 bits per heavy atom. The maximum Gasteiger partial charge on any atom is 0.407 e. The van der Waals surface area contributed by atoms with Gasteiger partial charge in [0, 0.05) is 35.7 Å². The minimum absolute atomic E-state index is 0.00327. The quantitative estimate of drug-likeness (QED) is 0.0267. The van der Waals surface area contributed by atoms with E-state index in [1.165, 1.54) is 49.0 Å². The van der Waals surface area contributed by atoms with Crippen LogP contribution < -0.4 is 21.3 Å². The van der Waals surface area contributed by atoms with Gasteiger partial charge in [-0.1, -0.05) is 111 Å². The third-order valence-electron chi connectivity index (χ3n) is 10.6. The molecule has 4 amide bonds. The second kappa shape index (κ2) is 26.6. The van der Waals surface area contributed by atoms with Gasteiger partial charge in [-0.3, -0.25) is 24.3 Å². The minimum Gasteiger partial charge on any atom is -0.453 e. The summed E-state index contributed by atoms with van der Waals surface area (Å²) in [5.41, 5.74) is 5.25. The molecule has 0 saturated heterocycles. The van der Waals surface area contributed by atoms with E-state index in [1.807, 2.05) is 85.3 Å². The summed E-state index contributed by atoms with van der Waals surface area (Å²) in [5, 5.41) is 27.9. The number of nitrogens with one attached hydrogen (secondary N) is 4. The molecule has 18 nitrogen and oxygen atoms in total. The van der Waals surface area contributed by atoms with Gasteiger partial charge in [0.15, 0.2) is 0 Å². The molecule has 0 aliphatic rings. The monoisotopic (exact) mass is 1010 g/mol. The molecule has 0 radical (unpaired) electrons. The normalized spacial score (nSPS) is 12.7. The van der Waals surface area contributed by atoms with Crippen molar-refractivity contribution in [3.8, 4) is 0 Å². The fourth-order valence-electron chi connectivity index (χ4n) is 7.03. The molecular weight excluding hydrogens is 959 g/mol. The number of thiazole rings is 2. The van der Waals surface area contributed by atoms with Crippen molar-refractivity contribution in [3.05, 3.63) is 179 Å². The summed E-state index contributed by atoms with van der Waals surface area (Å²) in [4.78, 5) is 70.3. The molecule has 21 heteroatoms. The van der Waals surface area contributed by atoms with Crippen molar-refractivity contribution in [3.63, 3.8) is 0 Å². The number of benzene rings is 4. The molecule has 4 aromatic carbocycles. The van der Waals surface area contributed by atoms with Gasteiger partial charge < -0.3 is 30.7 Å². The van der Waals surface area contributed by atoms with E-state index >= 15 is 0 Å². The molecule has 2 heterocycles. The molecule has 0 spiro atoms. The molecule has 6 aromatic rings. The van der Waals surface area contributed by atoms with Crippen LogP contribution in [-0.2, 0) is 73.5 Å². The summed E-state index contributed by atoms with van der Waals surface area (Å²) in [6.07, 6.45) is 1.44. The summed E-state index contributed by atoms with van der Waals surface area (Å²) in [6.45, 7) is 4.00. The van der Waals surface area contributed by atoms with Gasteiger partial charge in [0.1, 0.15) is 17.8 Å². The lowest BCUT2D eigenvalue weighted by molar-refractivity contribution is -0.384. The van der Waals surface area contributed by atoms with Crippen LogP contribution in [0.5, 0.6) is 0 Å². The number of nitro benzene ring substituents is 1. The highest BCUT2D eigenvalue weighted by atomic mass is 32.2.